The minimum Gasteiger partial charge on any atom is -0.381 e. The summed E-state index contributed by atoms with van der Waals surface area (Å²) in [6.07, 6.45) is 5.10. The maximum Gasteiger partial charge on any atom is 0.225 e. The summed E-state index contributed by atoms with van der Waals surface area (Å²) in [4.78, 5) is 26.1. The van der Waals surface area contributed by atoms with Crippen LogP contribution < -0.4 is 5.32 Å². The lowest BCUT2D eigenvalue weighted by atomic mass is 9.85. The van der Waals surface area contributed by atoms with Crippen molar-refractivity contribution >= 4 is 11.8 Å². The van der Waals surface area contributed by atoms with E-state index in [4.69, 9.17) is 4.74 Å². The lowest BCUT2D eigenvalue weighted by Gasteiger charge is -2.38. The normalized spacial score (nSPS) is 21.3. The van der Waals surface area contributed by atoms with E-state index in [1.54, 1.807) is 0 Å². The van der Waals surface area contributed by atoms with Crippen molar-refractivity contribution in [2.24, 2.45) is 0 Å². The molecule has 2 aliphatic rings. The molecule has 1 aliphatic heterocycles. The van der Waals surface area contributed by atoms with Crippen molar-refractivity contribution in [1.82, 2.24) is 10.2 Å². The zero-order valence-electron chi connectivity index (χ0n) is 12.6. The molecule has 0 radical (unpaired) electrons. The maximum absolute atomic E-state index is 12.6. The molecular weight excluding hydrogens is 256 g/mol. The van der Waals surface area contributed by atoms with E-state index in [2.05, 4.69) is 12.2 Å². The first kappa shape index (κ1) is 15.3. The second kappa shape index (κ2) is 6.57. The number of carbonyl (C=O) groups is 2. The van der Waals surface area contributed by atoms with Crippen molar-refractivity contribution in [1.29, 1.82) is 0 Å². The molecule has 1 heterocycles. The molecule has 1 aliphatic carbocycles. The lowest BCUT2D eigenvalue weighted by Crippen LogP contribution is -2.54. The highest BCUT2D eigenvalue weighted by molar-refractivity contribution is 5.80. The second-order valence-corrected chi connectivity index (χ2v) is 6.07. The third-order valence-corrected chi connectivity index (χ3v) is 4.15. The number of carbonyl (C=O) groups excluding carboxylic acids is 2. The highest BCUT2D eigenvalue weighted by Crippen LogP contribution is 2.31. The van der Waals surface area contributed by atoms with Crippen molar-refractivity contribution in [3.05, 3.63) is 0 Å². The van der Waals surface area contributed by atoms with Crippen molar-refractivity contribution in [3.8, 4) is 0 Å². The number of nitrogens with one attached hydrogen (secondary N) is 1. The number of hydrogen-bond donors (Lipinski definition) is 1. The van der Waals surface area contributed by atoms with E-state index < -0.39 is 5.54 Å². The van der Waals surface area contributed by atoms with Crippen molar-refractivity contribution in [2.45, 2.75) is 64.0 Å². The molecule has 0 aromatic carbocycles. The molecule has 2 fully saturated rings. The number of amides is 2. The van der Waals surface area contributed by atoms with Crippen molar-refractivity contribution in [2.75, 3.05) is 19.8 Å². The SMILES string of the molecule is CCCN(C(=O)CC1(NC(C)=O)CCOCC1)C1CC1. The van der Waals surface area contributed by atoms with Crippen LogP contribution in [0, 0.1) is 0 Å². The van der Waals surface area contributed by atoms with Gasteiger partial charge in [-0.25, -0.2) is 0 Å². The zero-order valence-corrected chi connectivity index (χ0v) is 12.6. The fourth-order valence-electron chi connectivity index (χ4n) is 3.01. The summed E-state index contributed by atoms with van der Waals surface area (Å²) in [5.74, 6) is 0.123. The molecule has 5 heteroatoms. The van der Waals surface area contributed by atoms with E-state index in [1.165, 1.54) is 6.92 Å². The van der Waals surface area contributed by atoms with E-state index in [0.29, 0.717) is 25.7 Å². The highest BCUT2D eigenvalue weighted by Gasteiger charge is 2.39. The maximum atomic E-state index is 12.6. The molecule has 114 valence electrons. The summed E-state index contributed by atoms with van der Waals surface area (Å²) in [6, 6.07) is 0.441. The topological polar surface area (TPSA) is 58.6 Å². The Morgan fingerprint density at radius 2 is 1.95 bits per heavy atom. The quantitative estimate of drug-likeness (QED) is 0.802. The molecule has 0 aromatic heterocycles. The number of ether oxygens (including phenoxy) is 1. The summed E-state index contributed by atoms with van der Waals surface area (Å²) in [6.45, 7) is 5.68. The van der Waals surface area contributed by atoms with E-state index in [0.717, 1.165) is 38.6 Å². The van der Waals surface area contributed by atoms with Crippen LogP contribution in [0.1, 0.15) is 52.4 Å². The van der Waals surface area contributed by atoms with Crippen molar-refractivity contribution < 1.29 is 14.3 Å². The highest BCUT2D eigenvalue weighted by atomic mass is 16.5. The predicted molar refractivity (Wildman–Crippen MR) is 76.2 cm³/mol. The Morgan fingerprint density at radius 1 is 1.30 bits per heavy atom. The molecule has 0 unspecified atom stereocenters. The number of hydrogen-bond acceptors (Lipinski definition) is 3. The summed E-state index contributed by atoms with van der Waals surface area (Å²) in [5.41, 5.74) is -0.401. The van der Waals surface area contributed by atoms with Crippen LogP contribution in [-0.2, 0) is 14.3 Å². The first-order chi connectivity index (χ1) is 9.56. The van der Waals surface area contributed by atoms with Gasteiger partial charge in [-0.3, -0.25) is 9.59 Å². The first-order valence-electron chi connectivity index (χ1n) is 7.72. The summed E-state index contributed by atoms with van der Waals surface area (Å²) >= 11 is 0. The van der Waals surface area contributed by atoms with Gasteiger partial charge in [0, 0.05) is 32.7 Å². The van der Waals surface area contributed by atoms with Crippen LogP contribution in [0.25, 0.3) is 0 Å². The molecule has 0 bridgehead atoms. The Morgan fingerprint density at radius 3 is 2.45 bits per heavy atom. The first-order valence-corrected chi connectivity index (χ1v) is 7.72. The third-order valence-electron chi connectivity index (χ3n) is 4.15. The van der Waals surface area contributed by atoms with E-state index in [-0.39, 0.29) is 11.8 Å². The molecule has 1 saturated carbocycles. The Labute approximate surface area is 121 Å². The van der Waals surface area contributed by atoms with Gasteiger partial charge in [0.2, 0.25) is 11.8 Å². The van der Waals surface area contributed by atoms with Gasteiger partial charge in [0.25, 0.3) is 0 Å². The van der Waals surface area contributed by atoms with E-state index in [1.807, 2.05) is 4.90 Å². The molecule has 1 saturated heterocycles. The standard InChI is InChI=1S/C15H26N2O3/c1-3-8-17(13-4-5-13)14(19)11-15(16-12(2)18)6-9-20-10-7-15/h13H,3-11H2,1-2H3,(H,16,18). The Hall–Kier alpha value is -1.10. The Kier molecular flexibility index (Phi) is 5.02. The van der Waals surface area contributed by atoms with Crippen LogP contribution in [0.3, 0.4) is 0 Å². The van der Waals surface area contributed by atoms with Gasteiger partial charge in [-0.1, -0.05) is 6.92 Å². The molecule has 2 rings (SSSR count). The van der Waals surface area contributed by atoms with E-state index in [9.17, 15) is 9.59 Å². The van der Waals surface area contributed by atoms with Gasteiger partial charge >= 0.3 is 0 Å². The summed E-state index contributed by atoms with van der Waals surface area (Å²) < 4.78 is 5.38. The van der Waals surface area contributed by atoms with Gasteiger partial charge in [0.05, 0.1) is 12.0 Å². The Bertz CT molecular complexity index is 360. The fraction of sp³-hybridized carbons (Fsp3) is 0.867. The largest absolute Gasteiger partial charge is 0.381 e. The van der Waals surface area contributed by atoms with Gasteiger partial charge in [-0.05, 0) is 32.1 Å². The van der Waals surface area contributed by atoms with Crippen LogP contribution in [0.2, 0.25) is 0 Å². The number of rotatable bonds is 6. The van der Waals surface area contributed by atoms with Gasteiger partial charge in [-0.15, -0.1) is 0 Å². The minimum atomic E-state index is -0.401. The van der Waals surface area contributed by atoms with Gasteiger partial charge in [0.1, 0.15) is 0 Å². The summed E-state index contributed by atoms with van der Waals surface area (Å²) in [7, 11) is 0. The Balaban J connectivity index is 2.01. The summed E-state index contributed by atoms with van der Waals surface area (Å²) in [5, 5.41) is 3.02. The van der Waals surface area contributed by atoms with Crippen LogP contribution in [-0.4, -0.2) is 48.1 Å². The van der Waals surface area contributed by atoms with Gasteiger partial charge in [-0.2, -0.15) is 0 Å². The molecule has 0 aromatic rings. The fourth-order valence-corrected chi connectivity index (χ4v) is 3.01. The molecule has 5 nitrogen and oxygen atoms in total. The smallest absolute Gasteiger partial charge is 0.225 e. The van der Waals surface area contributed by atoms with Crippen LogP contribution in [0.4, 0.5) is 0 Å². The van der Waals surface area contributed by atoms with Gasteiger partial charge in [0.15, 0.2) is 0 Å². The zero-order chi connectivity index (χ0) is 14.6. The van der Waals surface area contributed by atoms with Gasteiger partial charge < -0.3 is 15.0 Å². The molecule has 1 N–H and O–H groups in total. The van der Waals surface area contributed by atoms with Crippen LogP contribution in [0.5, 0.6) is 0 Å². The van der Waals surface area contributed by atoms with Crippen LogP contribution in [0.15, 0.2) is 0 Å². The van der Waals surface area contributed by atoms with Crippen molar-refractivity contribution in [3.63, 3.8) is 0 Å². The second-order valence-electron chi connectivity index (χ2n) is 6.07. The lowest BCUT2D eigenvalue weighted by molar-refractivity contribution is -0.135. The van der Waals surface area contributed by atoms with Crippen LogP contribution >= 0.6 is 0 Å². The average molecular weight is 282 g/mol. The third kappa shape index (κ3) is 3.95. The molecular formula is C15H26N2O3. The minimum absolute atomic E-state index is 0.0619. The molecule has 2 amide bonds. The number of nitrogens with zero attached hydrogens (tertiary/aromatic N) is 1. The molecule has 0 atom stereocenters. The monoisotopic (exact) mass is 282 g/mol. The predicted octanol–water partition coefficient (Wildman–Crippen LogP) is 1.46. The molecule has 0 spiro atoms. The molecule has 20 heavy (non-hydrogen) atoms. The average Bonchev–Trinajstić information content (AvgIpc) is 3.19. The van der Waals surface area contributed by atoms with E-state index >= 15 is 0 Å².